The van der Waals surface area contributed by atoms with Gasteiger partial charge in [0.05, 0.1) is 4.90 Å². The van der Waals surface area contributed by atoms with Crippen LogP contribution >= 0.6 is 11.8 Å². The van der Waals surface area contributed by atoms with E-state index < -0.39 is 15.5 Å². The van der Waals surface area contributed by atoms with Crippen molar-refractivity contribution in [1.29, 1.82) is 0 Å². The number of hydrogen-bond donors (Lipinski definition) is 2. The predicted octanol–water partition coefficient (Wildman–Crippen LogP) is 1.68. The summed E-state index contributed by atoms with van der Waals surface area (Å²) in [4.78, 5) is 0.00158. The number of nitrogens with two attached hydrogens (primary N) is 1. The van der Waals surface area contributed by atoms with Crippen LogP contribution in [0.2, 0.25) is 0 Å². The summed E-state index contributed by atoms with van der Waals surface area (Å²) in [5, 5.41) is 0. The second-order valence-electron chi connectivity index (χ2n) is 3.54. The zero-order chi connectivity index (χ0) is 14.5. The van der Waals surface area contributed by atoms with Crippen molar-refractivity contribution in [2.24, 2.45) is 5.73 Å². The van der Waals surface area contributed by atoms with Gasteiger partial charge in [-0.2, -0.15) is 13.2 Å². The molecule has 1 aromatic rings. The Balaban J connectivity index is 2.56. The van der Waals surface area contributed by atoms with Crippen molar-refractivity contribution in [2.45, 2.75) is 16.9 Å². The van der Waals surface area contributed by atoms with Crippen LogP contribution in [0.15, 0.2) is 29.2 Å². The van der Waals surface area contributed by atoms with E-state index in [4.69, 9.17) is 5.73 Å². The third-order valence-corrected chi connectivity index (χ3v) is 4.34. The van der Waals surface area contributed by atoms with Gasteiger partial charge in [0.2, 0.25) is 10.0 Å². The van der Waals surface area contributed by atoms with Crippen LogP contribution in [0.4, 0.5) is 13.2 Å². The average Bonchev–Trinajstić information content (AvgIpc) is 2.34. The van der Waals surface area contributed by atoms with E-state index in [9.17, 15) is 21.6 Å². The van der Waals surface area contributed by atoms with Crippen molar-refractivity contribution < 1.29 is 21.6 Å². The first-order chi connectivity index (χ1) is 8.74. The molecule has 1 aromatic carbocycles. The van der Waals surface area contributed by atoms with Crippen molar-refractivity contribution in [3.63, 3.8) is 0 Å². The van der Waals surface area contributed by atoms with Crippen molar-refractivity contribution in [3.8, 4) is 0 Å². The lowest BCUT2D eigenvalue weighted by atomic mass is 10.2. The molecule has 0 bridgehead atoms. The minimum absolute atomic E-state index is 0.00158. The zero-order valence-corrected chi connectivity index (χ0v) is 11.4. The van der Waals surface area contributed by atoms with Gasteiger partial charge in [-0.25, -0.2) is 13.1 Å². The molecule has 0 radical (unpaired) electrons. The number of alkyl halides is 3. The highest BCUT2D eigenvalue weighted by Crippen LogP contribution is 2.29. The molecule has 108 valence electrons. The summed E-state index contributed by atoms with van der Waals surface area (Å²) < 4.78 is 61.1. The highest BCUT2D eigenvalue weighted by atomic mass is 32.2. The highest BCUT2D eigenvalue weighted by molar-refractivity contribution is 8.00. The maximum absolute atomic E-state index is 11.9. The maximum atomic E-state index is 11.9. The number of halogens is 3. The molecule has 0 spiro atoms. The molecule has 0 aliphatic heterocycles. The Morgan fingerprint density at radius 1 is 1.21 bits per heavy atom. The normalized spacial score (nSPS) is 12.6. The van der Waals surface area contributed by atoms with Crippen LogP contribution in [0.1, 0.15) is 5.56 Å². The molecule has 0 aliphatic rings. The van der Waals surface area contributed by atoms with Crippen LogP contribution in [-0.2, 0) is 16.6 Å². The predicted molar refractivity (Wildman–Crippen MR) is 68.0 cm³/mol. The monoisotopic (exact) mass is 314 g/mol. The second-order valence-corrected chi connectivity index (χ2v) is 6.47. The van der Waals surface area contributed by atoms with Gasteiger partial charge in [-0.15, -0.1) is 0 Å². The van der Waals surface area contributed by atoms with Crippen LogP contribution in [0.25, 0.3) is 0 Å². The first-order valence-corrected chi connectivity index (χ1v) is 7.71. The zero-order valence-electron chi connectivity index (χ0n) is 9.77. The van der Waals surface area contributed by atoms with Gasteiger partial charge >= 0.3 is 5.51 Å². The van der Waals surface area contributed by atoms with E-state index in [1.165, 1.54) is 12.1 Å². The van der Waals surface area contributed by atoms with Crippen LogP contribution in [0.3, 0.4) is 0 Å². The second kappa shape index (κ2) is 6.60. The fourth-order valence-corrected chi connectivity index (χ4v) is 2.83. The van der Waals surface area contributed by atoms with E-state index in [1.54, 1.807) is 12.1 Å². The van der Waals surface area contributed by atoms with Gasteiger partial charge in [0, 0.05) is 18.8 Å². The molecule has 0 unspecified atom stereocenters. The van der Waals surface area contributed by atoms with Crippen molar-refractivity contribution in [3.05, 3.63) is 29.8 Å². The van der Waals surface area contributed by atoms with E-state index in [0.29, 0.717) is 0 Å². The van der Waals surface area contributed by atoms with E-state index >= 15 is 0 Å². The Morgan fingerprint density at radius 3 is 2.26 bits per heavy atom. The van der Waals surface area contributed by atoms with Crippen LogP contribution in [0.5, 0.6) is 0 Å². The minimum Gasteiger partial charge on any atom is -0.326 e. The van der Waals surface area contributed by atoms with Crippen molar-refractivity contribution in [2.75, 3.05) is 12.3 Å². The van der Waals surface area contributed by atoms with Crippen LogP contribution < -0.4 is 10.5 Å². The van der Waals surface area contributed by atoms with Gasteiger partial charge < -0.3 is 5.73 Å². The van der Waals surface area contributed by atoms with Gasteiger partial charge in [0.15, 0.2) is 0 Å². The van der Waals surface area contributed by atoms with Gasteiger partial charge in [-0.1, -0.05) is 12.1 Å². The van der Waals surface area contributed by atoms with Crippen LogP contribution in [-0.4, -0.2) is 26.2 Å². The molecule has 4 nitrogen and oxygen atoms in total. The fourth-order valence-electron chi connectivity index (χ4n) is 1.23. The molecule has 19 heavy (non-hydrogen) atoms. The number of benzene rings is 1. The standard InChI is InChI=1S/C10H13F3N2O2S2/c11-10(12,13)18-6-5-15-19(16,17)9-3-1-8(7-14)2-4-9/h1-4,15H,5-7,14H2. The van der Waals surface area contributed by atoms with Crippen molar-refractivity contribution >= 4 is 21.8 Å². The molecule has 3 N–H and O–H groups in total. The Kier molecular flexibility index (Phi) is 5.65. The average molecular weight is 314 g/mol. The quantitative estimate of drug-likeness (QED) is 0.784. The summed E-state index contributed by atoms with van der Waals surface area (Å²) in [5.41, 5.74) is 1.79. The number of thioether (sulfide) groups is 1. The molecule has 0 atom stereocenters. The molecule has 0 amide bonds. The summed E-state index contributed by atoms with van der Waals surface area (Å²) in [5.74, 6) is -0.371. The fraction of sp³-hybridized carbons (Fsp3) is 0.400. The lowest BCUT2D eigenvalue weighted by molar-refractivity contribution is -0.0327. The number of nitrogens with one attached hydrogen (secondary N) is 1. The molecule has 0 heterocycles. The highest BCUT2D eigenvalue weighted by Gasteiger charge is 2.27. The molecule has 0 aliphatic carbocycles. The Hall–Kier alpha value is -0.770. The summed E-state index contributed by atoms with van der Waals surface area (Å²) in [7, 11) is -3.77. The largest absolute Gasteiger partial charge is 0.441 e. The molecule has 0 saturated carbocycles. The summed E-state index contributed by atoms with van der Waals surface area (Å²) >= 11 is -0.268. The third kappa shape index (κ3) is 5.81. The number of hydrogen-bond acceptors (Lipinski definition) is 4. The van der Waals surface area contributed by atoms with Crippen molar-refractivity contribution in [1.82, 2.24) is 4.72 Å². The Bertz CT molecular complexity index is 501. The smallest absolute Gasteiger partial charge is 0.326 e. The summed E-state index contributed by atoms with van der Waals surface area (Å²) in [6.07, 6.45) is 0. The number of rotatable bonds is 6. The molecule has 0 saturated heterocycles. The molecular formula is C10H13F3N2O2S2. The summed E-state index contributed by atoms with van der Waals surface area (Å²) in [6.45, 7) is 0.00112. The lowest BCUT2D eigenvalue weighted by Gasteiger charge is -2.08. The Morgan fingerprint density at radius 2 is 1.79 bits per heavy atom. The van der Waals surface area contributed by atoms with Gasteiger partial charge in [0.1, 0.15) is 0 Å². The van der Waals surface area contributed by atoms with E-state index in [0.717, 1.165) is 5.56 Å². The van der Waals surface area contributed by atoms with E-state index in [1.807, 2.05) is 0 Å². The van der Waals surface area contributed by atoms with Gasteiger partial charge in [-0.3, -0.25) is 0 Å². The molecular weight excluding hydrogens is 301 g/mol. The van der Waals surface area contributed by atoms with Gasteiger partial charge in [0.25, 0.3) is 0 Å². The maximum Gasteiger partial charge on any atom is 0.441 e. The van der Waals surface area contributed by atoms with E-state index in [-0.39, 0.29) is 35.5 Å². The lowest BCUT2D eigenvalue weighted by Crippen LogP contribution is -2.26. The number of sulfonamides is 1. The molecule has 0 fully saturated rings. The third-order valence-electron chi connectivity index (χ3n) is 2.13. The van der Waals surface area contributed by atoms with E-state index in [2.05, 4.69) is 4.72 Å². The molecule has 1 rings (SSSR count). The SMILES string of the molecule is NCc1ccc(S(=O)(=O)NCCSC(F)(F)F)cc1. The first-order valence-electron chi connectivity index (χ1n) is 5.24. The molecule has 9 heteroatoms. The van der Waals surface area contributed by atoms with Gasteiger partial charge in [-0.05, 0) is 29.5 Å². The minimum atomic E-state index is -4.35. The van der Waals surface area contributed by atoms with Crippen LogP contribution in [0, 0.1) is 0 Å². The molecule has 0 aromatic heterocycles. The topological polar surface area (TPSA) is 72.2 Å². The summed E-state index contributed by atoms with van der Waals surface area (Å²) in [6, 6.07) is 5.83. The first kappa shape index (κ1) is 16.3. The Labute approximate surface area is 113 Å².